The van der Waals surface area contributed by atoms with Crippen molar-refractivity contribution in [2.45, 2.75) is 43.9 Å². The van der Waals surface area contributed by atoms with Crippen LogP contribution in [0.3, 0.4) is 0 Å². The Morgan fingerprint density at radius 2 is 2.18 bits per heavy atom. The van der Waals surface area contributed by atoms with E-state index in [0.29, 0.717) is 0 Å². The van der Waals surface area contributed by atoms with E-state index in [0.717, 1.165) is 25.9 Å². The maximum Gasteiger partial charge on any atom is 0.0900 e. The maximum absolute atomic E-state index is 10.5. The number of hydrogen-bond donors (Lipinski definition) is 2. The second-order valence-corrected chi connectivity index (χ2v) is 5.15. The zero-order valence-electron chi connectivity index (χ0n) is 10.1. The molecule has 1 fully saturated rings. The SMILES string of the molecule is CCOC1CC(O)(C2Cc3ccccc3N2)C1. The fourth-order valence-electron chi connectivity index (χ4n) is 2.99. The van der Waals surface area contributed by atoms with Gasteiger partial charge in [0.25, 0.3) is 0 Å². The molecule has 0 amide bonds. The van der Waals surface area contributed by atoms with Crippen LogP contribution in [0.2, 0.25) is 0 Å². The Kier molecular flexibility index (Phi) is 2.60. The van der Waals surface area contributed by atoms with Crippen molar-refractivity contribution in [3.63, 3.8) is 0 Å². The van der Waals surface area contributed by atoms with Crippen LogP contribution in [0, 0.1) is 0 Å². The van der Waals surface area contributed by atoms with E-state index in [1.807, 2.05) is 13.0 Å². The van der Waals surface area contributed by atoms with Gasteiger partial charge in [-0.25, -0.2) is 0 Å². The lowest BCUT2D eigenvalue weighted by molar-refractivity contribution is -0.144. The lowest BCUT2D eigenvalue weighted by Crippen LogP contribution is -2.58. The first-order valence-corrected chi connectivity index (χ1v) is 6.40. The van der Waals surface area contributed by atoms with Crippen LogP contribution < -0.4 is 5.32 Å². The third-order valence-electron chi connectivity index (χ3n) is 3.98. The van der Waals surface area contributed by atoms with Crippen LogP contribution in [0.4, 0.5) is 5.69 Å². The summed E-state index contributed by atoms with van der Waals surface area (Å²) in [5.41, 5.74) is 1.90. The molecule has 3 nitrogen and oxygen atoms in total. The molecule has 1 atom stereocenters. The number of hydrogen-bond acceptors (Lipinski definition) is 3. The summed E-state index contributed by atoms with van der Waals surface area (Å²) in [6, 6.07) is 8.44. The third-order valence-corrected chi connectivity index (χ3v) is 3.98. The van der Waals surface area contributed by atoms with E-state index in [1.54, 1.807) is 0 Å². The first kappa shape index (κ1) is 11.1. The molecule has 17 heavy (non-hydrogen) atoms. The van der Waals surface area contributed by atoms with Gasteiger partial charge in [-0.1, -0.05) is 18.2 Å². The predicted molar refractivity (Wildman–Crippen MR) is 67.2 cm³/mol. The molecule has 2 N–H and O–H groups in total. The van der Waals surface area contributed by atoms with Crippen molar-refractivity contribution in [3.05, 3.63) is 29.8 Å². The number of anilines is 1. The fraction of sp³-hybridized carbons (Fsp3) is 0.571. The van der Waals surface area contributed by atoms with E-state index in [9.17, 15) is 5.11 Å². The molecule has 0 spiro atoms. The number of nitrogens with one attached hydrogen (secondary N) is 1. The highest BCUT2D eigenvalue weighted by atomic mass is 16.5. The molecule has 3 rings (SSSR count). The average Bonchev–Trinajstić information content (AvgIpc) is 2.71. The second-order valence-electron chi connectivity index (χ2n) is 5.15. The number of fused-ring (bicyclic) bond motifs is 1. The molecule has 1 saturated carbocycles. The van der Waals surface area contributed by atoms with Gasteiger partial charge in [-0.2, -0.15) is 0 Å². The summed E-state index contributed by atoms with van der Waals surface area (Å²) >= 11 is 0. The Morgan fingerprint density at radius 3 is 2.88 bits per heavy atom. The van der Waals surface area contributed by atoms with Crippen LogP contribution in [0.1, 0.15) is 25.3 Å². The largest absolute Gasteiger partial charge is 0.388 e. The molecular formula is C14H19NO2. The van der Waals surface area contributed by atoms with Crippen molar-refractivity contribution < 1.29 is 9.84 Å². The summed E-state index contributed by atoms with van der Waals surface area (Å²) in [5, 5.41) is 14.0. The minimum atomic E-state index is -0.584. The van der Waals surface area contributed by atoms with Gasteiger partial charge in [-0.05, 0) is 25.0 Å². The number of aliphatic hydroxyl groups is 1. The smallest absolute Gasteiger partial charge is 0.0900 e. The molecule has 1 aromatic rings. The highest BCUT2D eigenvalue weighted by molar-refractivity contribution is 5.57. The monoisotopic (exact) mass is 233 g/mol. The van der Waals surface area contributed by atoms with Crippen molar-refractivity contribution in [2.75, 3.05) is 11.9 Å². The van der Waals surface area contributed by atoms with Crippen LogP contribution >= 0.6 is 0 Å². The quantitative estimate of drug-likeness (QED) is 0.838. The molecule has 2 aliphatic rings. The van der Waals surface area contributed by atoms with E-state index < -0.39 is 5.60 Å². The number of rotatable bonds is 3. The Bertz CT molecular complexity index is 387. The highest BCUT2D eigenvalue weighted by Gasteiger charge is 2.50. The van der Waals surface area contributed by atoms with Gasteiger partial charge in [-0.3, -0.25) is 0 Å². The van der Waals surface area contributed by atoms with Crippen LogP contribution in [-0.2, 0) is 11.2 Å². The van der Waals surface area contributed by atoms with Crippen LogP contribution in [0.5, 0.6) is 0 Å². The van der Waals surface area contributed by atoms with Crippen LogP contribution in [0.25, 0.3) is 0 Å². The molecule has 0 aromatic heterocycles. The zero-order valence-corrected chi connectivity index (χ0v) is 10.1. The summed E-state index contributed by atoms with van der Waals surface area (Å²) in [6.45, 7) is 2.74. The lowest BCUT2D eigenvalue weighted by atomic mass is 9.71. The Balaban J connectivity index is 1.66. The van der Waals surface area contributed by atoms with Gasteiger partial charge in [0.05, 0.1) is 17.7 Å². The van der Waals surface area contributed by atoms with Crippen molar-refractivity contribution in [1.29, 1.82) is 0 Å². The number of ether oxygens (including phenoxy) is 1. The molecule has 0 radical (unpaired) electrons. The van der Waals surface area contributed by atoms with Gasteiger partial charge in [0, 0.05) is 25.1 Å². The second kappa shape index (κ2) is 4.00. The van der Waals surface area contributed by atoms with Crippen LogP contribution in [-0.4, -0.2) is 29.5 Å². The van der Waals surface area contributed by atoms with Gasteiger partial charge in [0.15, 0.2) is 0 Å². The van der Waals surface area contributed by atoms with E-state index in [4.69, 9.17) is 4.74 Å². The first-order valence-electron chi connectivity index (χ1n) is 6.40. The number of benzene rings is 1. The molecular weight excluding hydrogens is 214 g/mol. The van der Waals surface area contributed by atoms with Crippen molar-refractivity contribution in [3.8, 4) is 0 Å². The summed E-state index contributed by atoms with van der Waals surface area (Å²) in [6.07, 6.45) is 2.68. The molecule has 92 valence electrons. The molecule has 1 aliphatic carbocycles. The van der Waals surface area contributed by atoms with Crippen LogP contribution in [0.15, 0.2) is 24.3 Å². The van der Waals surface area contributed by atoms with Gasteiger partial charge >= 0.3 is 0 Å². The molecule has 1 aliphatic heterocycles. The maximum atomic E-state index is 10.5. The molecule has 0 saturated heterocycles. The Morgan fingerprint density at radius 1 is 1.41 bits per heavy atom. The molecule has 3 heteroatoms. The molecule has 1 aromatic carbocycles. The summed E-state index contributed by atoms with van der Waals surface area (Å²) in [4.78, 5) is 0. The zero-order chi connectivity index (χ0) is 11.9. The average molecular weight is 233 g/mol. The van der Waals surface area contributed by atoms with Gasteiger partial charge in [0.2, 0.25) is 0 Å². The molecule has 1 heterocycles. The van der Waals surface area contributed by atoms with Gasteiger partial charge in [-0.15, -0.1) is 0 Å². The predicted octanol–water partition coefficient (Wildman–Crippen LogP) is 1.95. The normalized spacial score (nSPS) is 34.9. The lowest BCUT2D eigenvalue weighted by Gasteiger charge is -2.47. The first-order chi connectivity index (χ1) is 8.21. The van der Waals surface area contributed by atoms with Crippen molar-refractivity contribution in [2.24, 2.45) is 0 Å². The highest BCUT2D eigenvalue weighted by Crippen LogP contribution is 2.42. The topological polar surface area (TPSA) is 41.5 Å². The third kappa shape index (κ3) is 1.83. The summed E-state index contributed by atoms with van der Waals surface area (Å²) < 4.78 is 5.52. The van der Waals surface area contributed by atoms with E-state index in [-0.39, 0.29) is 12.1 Å². The van der Waals surface area contributed by atoms with Crippen molar-refractivity contribution in [1.82, 2.24) is 0 Å². The summed E-state index contributed by atoms with van der Waals surface area (Å²) in [7, 11) is 0. The standard InChI is InChI=1S/C14H19NO2/c1-2-17-11-8-14(16,9-11)13-7-10-5-3-4-6-12(10)15-13/h3-6,11,13,15-16H,2,7-9H2,1H3. The molecule has 1 unspecified atom stereocenters. The fourth-order valence-corrected chi connectivity index (χ4v) is 2.99. The minimum absolute atomic E-state index is 0.150. The van der Waals surface area contributed by atoms with Crippen molar-refractivity contribution >= 4 is 5.69 Å². The Hall–Kier alpha value is -1.06. The van der Waals surface area contributed by atoms with E-state index >= 15 is 0 Å². The van der Waals surface area contributed by atoms with E-state index in [2.05, 4.69) is 23.5 Å². The Labute approximate surface area is 102 Å². The van der Waals surface area contributed by atoms with E-state index in [1.165, 1.54) is 11.3 Å². The van der Waals surface area contributed by atoms with Gasteiger partial charge in [0.1, 0.15) is 0 Å². The minimum Gasteiger partial charge on any atom is -0.388 e. The number of para-hydroxylation sites is 1. The summed E-state index contributed by atoms with van der Waals surface area (Å²) in [5.74, 6) is 0. The molecule has 0 bridgehead atoms. The van der Waals surface area contributed by atoms with Gasteiger partial charge < -0.3 is 15.2 Å².